The molecule has 0 aromatic heterocycles. The molecule has 2 aliphatic rings. The average molecular weight is 289 g/mol. The van der Waals surface area contributed by atoms with Crippen molar-refractivity contribution in [3.63, 3.8) is 0 Å². The van der Waals surface area contributed by atoms with Gasteiger partial charge in [-0.15, -0.1) is 0 Å². The van der Waals surface area contributed by atoms with E-state index in [2.05, 4.69) is 31.3 Å². The molecule has 1 saturated carbocycles. The van der Waals surface area contributed by atoms with Gasteiger partial charge in [0.1, 0.15) is 13.2 Å². The molecule has 116 valence electrons. The van der Waals surface area contributed by atoms with Crippen molar-refractivity contribution in [2.75, 3.05) is 13.2 Å². The largest absolute Gasteiger partial charge is 0.486 e. The highest BCUT2D eigenvalue weighted by atomic mass is 16.6. The minimum Gasteiger partial charge on any atom is -0.486 e. The number of nitrogens with one attached hydrogen (secondary N) is 1. The molecule has 1 fully saturated rings. The third-order valence-electron chi connectivity index (χ3n) is 4.94. The van der Waals surface area contributed by atoms with Gasteiger partial charge in [0, 0.05) is 12.1 Å². The van der Waals surface area contributed by atoms with E-state index in [0.717, 1.165) is 17.4 Å². The molecule has 1 heterocycles. The first-order valence-corrected chi connectivity index (χ1v) is 8.39. The molecule has 1 aliphatic heterocycles. The van der Waals surface area contributed by atoms with E-state index in [9.17, 15) is 0 Å². The molecule has 2 atom stereocenters. The summed E-state index contributed by atoms with van der Waals surface area (Å²) >= 11 is 0. The molecular weight excluding hydrogens is 262 g/mol. The van der Waals surface area contributed by atoms with Gasteiger partial charge in [-0.25, -0.2) is 0 Å². The van der Waals surface area contributed by atoms with Crippen LogP contribution in [0.3, 0.4) is 0 Å². The second-order valence-corrected chi connectivity index (χ2v) is 6.48. The number of ether oxygens (including phenoxy) is 2. The van der Waals surface area contributed by atoms with Gasteiger partial charge in [0.25, 0.3) is 0 Å². The molecule has 1 N–H and O–H groups in total. The zero-order valence-corrected chi connectivity index (χ0v) is 13.2. The van der Waals surface area contributed by atoms with Crippen molar-refractivity contribution < 1.29 is 9.47 Å². The van der Waals surface area contributed by atoms with E-state index in [0.29, 0.717) is 25.3 Å². The van der Waals surface area contributed by atoms with Crippen LogP contribution in [0.25, 0.3) is 0 Å². The molecule has 1 aliphatic carbocycles. The topological polar surface area (TPSA) is 30.5 Å². The molecule has 0 bridgehead atoms. The Morgan fingerprint density at radius 1 is 1.00 bits per heavy atom. The lowest BCUT2D eigenvalue weighted by Gasteiger charge is -2.31. The Morgan fingerprint density at radius 3 is 2.48 bits per heavy atom. The SMILES string of the molecule is CC(N[C@@H](C)C1CCCCC1)c1ccc2c(c1)OCCO2. The lowest BCUT2D eigenvalue weighted by Crippen LogP contribution is -2.36. The van der Waals surface area contributed by atoms with E-state index in [-0.39, 0.29) is 0 Å². The van der Waals surface area contributed by atoms with Crippen LogP contribution in [-0.4, -0.2) is 19.3 Å². The first-order valence-electron chi connectivity index (χ1n) is 8.39. The second kappa shape index (κ2) is 6.69. The van der Waals surface area contributed by atoms with Crippen LogP contribution in [0, 0.1) is 5.92 Å². The molecule has 0 spiro atoms. The second-order valence-electron chi connectivity index (χ2n) is 6.48. The van der Waals surface area contributed by atoms with Crippen molar-refractivity contribution in [1.82, 2.24) is 5.32 Å². The number of fused-ring (bicyclic) bond motifs is 1. The predicted octanol–water partition coefficient (Wildman–Crippen LogP) is 4.08. The summed E-state index contributed by atoms with van der Waals surface area (Å²) in [5, 5.41) is 3.78. The Balaban J connectivity index is 1.63. The Hall–Kier alpha value is -1.22. The lowest BCUT2D eigenvalue weighted by atomic mass is 9.84. The molecule has 3 heteroatoms. The van der Waals surface area contributed by atoms with Gasteiger partial charge in [-0.1, -0.05) is 25.3 Å². The molecule has 0 amide bonds. The molecule has 3 nitrogen and oxygen atoms in total. The van der Waals surface area contributed by atoms with Gasteiger partial charge in [0.05, 0.1) is 0 Å². The van der Waals surface area contributed by atoms with Crippen molar-refractivity contribution in [3.8, 4) is 11.5 Å². The fourth-order valence-corrected chi connectivity index (χ4v) is 3.59. The molecule has 1 aromatic carbocycles. The fraction of sp³-hybridized carbons (Fsp3) is 0.667. The summed E-state index contributed by atoms with van der Waals surface area (Å²) in [7, 11) is 0. The molecule has 1 aromatic rings. The number of benzene rings is 1. The smallest absolute Gasteiger partial charge is 0.161 e. The minimum absolute atomic E-state index is 0.345. The van der Waals surface area contributed by atoms with Crippen LogP contribution in [0.2, 0.25) is 0 Å². The summed E-state index contributed by atoms with van der Waals surface area (Å²) in [4.78, 5) is 0. The van der Waals surface area contributed by atoms with Crippen LogP contribution in [0.5, 0.6) is 11.5 Å². The summed E-state index contributed by atoms with van der Waals surface area (Å²) in [5.74, 6) is 2.59. The predicted molar refractivity (Wildman–Crippen MR) is 85.0 cm³/mol. The van der Waals surface area contributed by atoms with Crippen LogP contribution in [0.15, 0.2) is 18.2 Å². The maximum Gasteiger partial charge on any atom is 0.161 e. The van der Waals surface area contributed by atoms with Crippen LogP contribution < -0.4 is 14.8 Å². The lowest BCUT2D eigenvalue weighted by molar-refractivity contribution is 0.171. The van der Waals surface area contributed by atoms with E-state index in [4.69, 9.17) is 9.47 Å². The third-order valence-corrected chi connectivity index (χ3v) is 4.94. The minimum atomic E-state index is 0.345. The van der Waals surface area contributed by atoms with E-state index < -0.39 is 0 Å². The van der Waals surface area contributed by atoms with E-state index in [1.54, 1.807) is 0 Å². The highest BCUT2D eigenvalue weighted by Gasteiger charge is 2.22. The van der Waals surface area contributed by atoms with Gasteiger partial charge < -0.3 is 14.8 Å². The Kier molecular flexibility index (Phi) is 4.69. The van der Waals surface area contributed by atoms with Crippen molar-refractivity contribution in [2.24, 2.45) is 5.92 Å². The van der Waals surface area contributed by atoms with Crippen LogP contribution >= 0.6 is 0 Å². The van der Waals surface area contributed by atoms with Crippen molar-refractivity contribution in [3.05, 3.63) is 23.8 Å². The molecule has 1 unspecified atom stereocenters. The number of hydrogen-bond acceptors (Lipinski definition) is 3. The van der Waals surface area contributed by atoms with E-state index in [1.165, 1.54) is 37.7 Å². The van der Waals surface area contributed by atoms with Gasteiger partial charge in [-0.3, -0.25) is 0 Å². The Bertz CT molecular complexity index is 468. The Morgan fingerprint density at radius 2 is 1.71 bits per heavy atom. The highest BCUT2D eigenvalue weighted by Crippen LogP contribution is 2.33. The first kappa shape index (κ1) is 14.7. The number of rotatable bonds is 4. The summed E-state index contributed by atoms with van der Waals surface area (Å²) in [6.45, 7) is 5.88. The van der Waals surface area contributed by atoms with Gasteiger partial charge >= 0.3 is 0 Å². The zero-order chi connectivity index (χ0) is 14.7. The normalized spacial score (nSPS) is 21.8. The number of hydrogen-bond donors (Lipinski definition) is 1. The maximum atomic E-state index is 5.68. The molecule has 3 rings (SSSR count). The van der Waals surface area contributed by atoms with Crippen molar-refractivity contribution in [1.29, 1.82) is 0 Å². The molecule has 21 heavy (non-hydrogen) atoms. The molecular formula is C18H27NO2. The third kappa shape index (κ3) is 3.52. The van der Waals surface area contributed by atoms with E-state index in [1.807, 2.05) is 6.07 Å². The molecule has 0 radical (unpaired) electrons. The first-order chi connectivity index (χ1) is 10.2. The van der Waals surface area contributed by atoms with Crippen molar-refractivity contribution in [2.45, 2.75) is 58.0 Å². The summed E-state index contributed by atoms with van der Waals surface area (Å²) in [6, 6.07) is 7.23. The van der Waals surface area contributed by atoms with Crippen LogP contribution in [-0.2, 0) is 0 Å². The van der Waals surface area contributed by atoms with Gasteiger partial charge in [0.2, 0.25) is 0 Å². The summed E-state index contributed by atoms with van der Waals surface area (Å²) in [5.41, 5.74) is 1.28. The van der Waals surface area contributed by atoms with Gasteiger partial charge in [-0.05, 0) is 50.3 Å². The van der Waals surface area contributed by atoms with Gasteiger partial charge in [0.15, 0.2) is 11.5 Å². The monoisotopic (exact) mass is 289 g/mol. The van der Waals surface area contributed by atoms with Crippen molar-refractivity contribution >= 4 is 0 Å². The summed E-state index contributed by atoms with van der Waals surface area (Å²) in [6.07, 6.45) is 6.97. The van der Waals surface area contributed by atoms with Gasteiger partial charge in [-0.2, -0.15) is 0 Å². The zero-order valence-electron chi connectivity index (χ0n) is 13.2. The Labute approximate surface area is 128 Å². The van der Waals surface area contributed by atoms with Crippen LogP contribution in [0.4, 0.5) is 0 Å². The van der Waals surface area contributed by atoms with Crippen LogP contribution in [0.1, 0.15) is 57.6 Å². The summed E-state index contributed by atoms with van der Waals surface area (Å²) < 4.78 is 11.3. The quantitative estimate of drug-likeness (QED) is 0.906. The maximum absolute atomic E-state index is 5.68. The van der Waals surface area contributed by atoms with E-state index >= 15 is 0 Å². The molecule has 0 saturated heterocycles. The standard InChI is InChI=1S/C18H27NO2/c1-13(15-6-4-3-5-7-15)19-14(2)16-8-9-17-18(12-16)21-11-10-20-17/h8-9,12-15,19H,3-7,10-11H2,1-2H3/t13-,14?/m0/s1. The average Bonchev–Trinajstić information content (AvgIpc) is 2.55. The fourth-order valence-electron chi connectivity index (χ4n) is 3.59. The highest BCUT2D eigenvalue weighted by molar-refractivity contribution is 5.44.